The predicted molar refractivity (Wildman–Crippen MR) is 147 cm³/mol. The number of rotatable bonds is 4. The molecule has 2 N–H and O–H groups in total. The van der Waals surface area contributed by atoms with Crippen LogP contribution in [0.2, 0.25) is 0 Å². The third kappa shape index (κ3) is 4.56. The van der Waals surface area contributed by atoms with Crippen molar-refractivity contribution in [1.82, 2.24) is 19.4 Å². The SMILES string of the molecule is Cc1cc2c(N3CCN(C(=O)O)C[C@@H]3C)nc(=O)n(-c3ccccc3C(C)C)c2nc1-c1c(O)cccc1F. The van der Waals surface area contributed by atoms with Gasteiger partial charge in [0.1, 0.15) is 17.4 Å². The highest BCUT2D eigenvalue weighted by molar-refractivity contribution is 5.92. The van der Waals surface area contributed by atoms with Crippen LogP contribution in [0.25, 0.3) is 28.0 Å². The van der Waals surface area contributed by atoms with Gasteiger partial charge in [0.15, 0.2) is 5.65 Å². The maximum Gasteiger partial charge on any atom is 0.407 e. The Labute approximate surface area is 224 Å². The molecule has 4 aromatic rings. The van der Waals surface area contributed by atoms with Gasteiger partial charge in [-0.1, -0.05) is 38.1 Å². The number of phenolic OH excluding ortho intramolecular Hbond substituents is 1. The monoisotopic (exact) mass is 531 g/mol. The van der Waals surface area contributed by atoms with Crippen LogP contribution in [-0.4, -0.2) is 61.4 Å². The number of phenols is 1. The van der Waals surface area contributed by atoms with Crippen LogP contribution in [0.1, 0.15) is 37.8 Å². The van der Waals surface area contributed by atoms with Crippen LogP contribution < -0.4 is 10.6 Å². The van der Waals surface area contributed by atoms with Crippen LogP contribution in [0.3, 0.4) is 0 Å². The molecule has 1 amide bonds. The summed E-state index contributed by atoms with van der Waals surface area (Å²) in [5.41, 5.74) is 2.00. The fourth-order valence-corrected chi connectivity index (χ4v) is 5.29. The normalized spacial score (nSPS) is 15.8. The van der Waals surface area contributed by atoms with E-state index in [1.165, 1.54) is 27.7 Å². The molecule has 1 aliphatic rings. The van der Waals surface area contributed by atoms with E-state index in [2.05, 4.69) is 4.98 Å². The van der Waals surface area contributed by atoms with Crippen molar-refractivity contribution in [2.24, 2.45) is 0 Å². The Balaban J connectivity index is 1.83. The molecule has 5 rings (SSSR count). The number of aromatic hydroxyl groups is 1. The first kappa shape index (κ1) is 26.1. The van der Waals surface area contributed by atoms with Crippen LogP contribution in [-0.2, 0) is 0 Å². The molecule has 39 heavy (non-hydrogen) atoms. The molecule has 2 aromatic carbocycles. The van der Waals surface area contributed by atoms with Gasteiger partial charge in [0, 0.05) is 25.7 Å². The van der Waals surface area contributed by atoms with Gasteiger partial charge in [0.05, 0.1) is 22.3 Å². The molecule has 0 unspecified atom stereocenters. The average Bonchev–Trinajstić information content (AvgIpc) is 2.89. The van der Waals surface area contributed by atoms with Gasteiger partial charge in [-0.2, -0.15) is 4.98 Å². The van der Waals surface area contributed by atoms with Crippen molar-refractivity contribution >= 4 is 22.9 Å². The Morgan fingerprint density at radius 1 is 1.10 bits per heavy atom. The fourth-order valence-electron chi connectivity index (χ4n) is 5.29. The molecule has 0 aliphatic carbocycles. The molecule has 0 radical (unpaired) electrons. The molecule has 0 spiro atoms. The molecule has 202 valence electrons. The van der Waals surface area contributed by atoms with Gasteiger partial charge in [-0.25, -0.2) is 23.5 Å². The summed E-state index contributed by atoms with van der Waals surface area (Å²) >= 11 is 0. The Bertz CT molecular complexity index is 1630. The van der Waals surface area contributed by atoms with E-state index in [1.807, 2.05) is 49.9 Å². The molecule has 1 saturated heterocycles. The van der Waals surface area contributed by atoms with Crippen molar-refractivity contribution in [2.75, 3.05) is 24.5 Å². The standard InChI is InChI=1S/C29H30FN5O4/c1-16(2)19-8-5-6-10-22(19)35-27-20(14-17(3)25(31-27)24-21(30)9-7-11-23(24)36)26(32-28(35)37)34-13-12-33(29(38)39)15-18(34)4/h5-11,14,16,18,36H,12-13,15H2,1-4H3,(H,38,39)/t18-/m0/s1. The number of aryl methyl sites for hydroxylation is 1. The number of halogens is 1. The van der Waals surface area contributed by atoms with Gasteiger partial charge in [-0.3, -0.25) is 0 Å². The number of hydrogen-bond acceptors (Lipinski definition) is 6. The molecule has 1 atom stereocenters. The van der Waals surface area contributed by atoms with Crippen molar-refractivity contribution < 1.29 is 19.4 Å². The maximum atomic E-state index is 15.0. The number of aromatic nitrogens is 3. The molecule has 1 aliphatic heterocycles. The molecule has 1 fully saturated rings. The number of piperazine rings is 1. The quantitative estimate of drug-likeness (QED) is 0.385. The number of pyridine rings is 1. The summed E-state index contributed by atoms with van der Waals surface area (Å²) in [6.45, 7) is 8.56. The van der Waals surface area contributed by atoms with Gasteiger partial charge >= 0.3 is 11.8 Å². The minimum absolute atomic E-state index is 0.0464. The van der Waals surface area contributed by atoms with Crippen LogP contribution in [0.4, 0.5) is 15.0 Å². The van der Waals surface area contributed by atoms with E-state index in [0.717, 1.165) is 5.56 Å². The zero-order chi connectivity index (χ0) is 28.0. The molecule has 2 aromatic heterocycles. The molecule has 0 saturated carbocycles. The highest BCUT2D eigenvalue weighted by Gasteiger charge is 2.30. The Morgan fingerprint density at radius 2 is 1.85 bits per heavy atom. The summed E-state index contributed by atoms with van der Waals surface area (Å²) in [4.78, 5) is 37.9. The second-order valence-electron chi connectivity index (χ2n) is 10.2. The second-order valence-corrected chi connectivity index (χ2v) is 10.2. The number of amides is 1. The van der Waals surface area contributed by atoms with E-state index in [-0.39, 0.29) is 47.7 Å². The first-order valence-corrected chi connectivity index (χ1v) is 12.8. The lowest BCUT2D eigenvalue weighted by atomic mass is 10.0. The van der Waals surface area contributed by atoms with E-state index in [0.29, 0.717) is 29.0 Å². The summed E-state index contributed by atoms with van der Waals surface area (Å²) in [6, 6.07) is 13.1. The Morgan fingerprint density at radius 3 is 2.51 bits per heavy atom. The van der Waals surface area contributed by atoms with E-state index < -0.39 is 17.6 Å². The lowest BCUT2D eigenvalue weighted by Crippen LogP contribution is -2.54. The molecular formula is C29H30FN5O4. The largest absolute Gasteiger partial charge is 0.507 e. The van der Waals surface area contributed by atoms with Crippen molar-refractivity contribution in [1.29, 1.82) is 0 Å². The van der Waals surface area contributed by atoms with Gasteiger partial charge < -0.3 is 20.0 Å². The lowest BCUT2D eigenvalue weighted by Gasteiger charge is -2.39. The topological polar surface area (TPSA) is 112 Å². The number of carbonyl (C=O) groups is 1. The number of anilines is 1. The minimum atomic E-state index is -0.994. The number of para-hydroxylation sites is 1. The van der Waals surface area contributed by atoms with Gasteiger partial charge in [-0.05, 0) is 55.2 Å². The molecule has 3 heterocycles. The van der Waals surface area contributed by atoms with Crippen molar-refractivity contribution in [2.45, 2.75) is 39.7 Å². The van der Waals surface area contributed by atoms with Gasteiger partial charge in [0.25, 0.3) is 0 Å². The van der Waals surface area contributed by atoms with Crippen molar-refractivity contribution in [3.05, 3.63) is 76.0 Å². The van der Waals surface area contributed by atoms with Crippen molar-refractivity contribution in [3.8, 4) is 22.7 Å². The summed E-state index contributed by atoms with van der Waals surface area (Å²) in [5.74, 6) is -0.401. The number of hydrogen-bond donors (Lipinski definition) is 2. The highest BCUT2D eigenvalue weighted by atomic mass is 19.1. The number of nitrogens with zero attached hydrogens (tertiary/aromatic N) is 5. The molecular weight excluding hydrogens is 501 g/mol. The zero-order valence-corrected chi connectivity index (χ0v) is 22.2. The number of benzene rings is 2. The van der Waals surface area contributed by atoms with E-state index in [4.69, 9.17) is 4.98 Å². The number of fused-ring (bicyclic) bond motifs is 1. The number of carboxylic acid groups (broad SMARTS) is 1. The third-order valence-electron chi connectivity index (χ3n) is 7.24. The van der Waals surface area contributed by atoms with E-state index >= 15 is 0 Å². The second kappa shape index (κ2) is 10.0. The zero-order valence-electron chi connectivity index (χ0n) is 22.2. The van der Waals surface area contributed by atoms with Gasteiger partial charge in [-0.15, -0.1) is 0 Å². The average molecular weight is 532 g/mol. The molecule has 9 nitrogen and oxygen atoms in total. The van der Waals surface area contributed by atoms with Crippen LogP contribution in [0.5, 0.6) is 5.75 Å². The van der Waals surface area contributed by atoms with E-state index in [9.17, 15) is 24.2 Å². The molecule has 10 heteroatoms. The molecule has 0 bridgehead atoms. The summed E-state index contributed by atoms with van der Waals surface area (Å²) in [6.07, 6.45) is -0.994. The fraction of sp³-hybridized carbons (Fsp3) is 0.310. The Hall–Kier alpha value is -4.47. The van der Waals surface area contributed by atoms with Crippen molar-refractivity contribution in [3.63, 3.8) is 0 Å². The lowest BCUT2D eigenvalue weighted by molar-refractivity contribution is 0.136. The Kier molecular flexibility index (Phi) is 6.71. The first-order valence-electron chi connectivity index (χ1n) is 12.8. The van der Waals surface area contributed by atoms with Crippen LogP contribution in [0, 0.1) is 12.7 Å². The smallest absolute Gasteiger partial charge is 0.407 e. The minimum Gasteiger partial charge on any atom is -0.507 e. The van der Waals surface area contributed by atoms with Crippen LogP contribution >= 0.6 is 0 Å². The van der Waals surface area contributed by atoms with Crippen LogP contribution in [0.15, 0.2) is 53.3 Å². The maximum absolute atomic E-state index is 15.0. The first-order chi connectivity index (χ1) is 18.6. The summed E-state index contributed by atoms with van der Waals surface area (Å²) in [5, 5.41) is 20.6. The third-order valence-corrected chi connectivity index (χ3v) is 7.24. The van der Waals surface area contributed by atoms with Gasteiger partial charge in [0.2, 0.25) is 0 Å². The van der Waals surface area contributed by atoms with E-state index in [1.54, 1.807) is 13.0 Å². The summed E-state index contributed by atoms with van der Waals surface area (Å²) in [7, 11) is 0. The highest BCUT2D eigenvalue weighted by Crippen LogP contribution is 2.36. The predicted octanol–water partition coefficient (Wildman–Crippen LogP) is 4.91. The summed E-state index contributed by atoms with van der Waals surface area (Å²) < 4.78 is 16.4.